The zero-order chi connectivity index (χ0) is 20.1. The summed E-state index contributed by atoms with van der Waals surface area (Å²) in [7, 11) is 0. The number of nitrogens with zero attached hydrogens (tertiary/aromatic N) is 2. The number of hydrogen-bond acceptors (Lipinski definition) is 4. The zero-order valence-corrected chi connectivity index (χ0v) is 16.1. The molecular weight excluding hydrogens is 356 g/mol. The number of likely N-dealkylation sites (tertiary alicyclic amines) is 1. The van der Waals surface area contributed by atoms with Gasteiger partial charge in [0.1, 0.15) is 5.69 Å². The van der Waals surface area contributed by atoms with Crippen molar-refractivity contribution >= 4 is 29.1 Å². The molecule has 1 aliphatic rings. The van der Waals surface area contributed by atoms with E-state index in [1.165, 1.54) is 19.2 Å². The first-order chi connectivity index (χ1) is 13.4. The van der Waals surface area contributed by atoms with E-state index < -0.39 is 5.91 Å². The average Bonchev–Trinajstić information content (AvgIpc) is 2.68. The fourth-order valence-electron chi connectivity index (χ4n) is 3.28. The van der Waals surface area contributed by atoms with Crippen LogP contribution in [0.5, 0.6) is 0 Å². The van der Waals surface area contributed by atoms with Crippen molar-refractivity contribution in [3.8, 4) is 0 Å². The number of carbonyl (C=O) groups excluding carboxylic acids is 3. The number of rotatable bonds is 4. The quantitative estimate of drug-likeness (QED) is 0.852. The third kappa shape index (κ3) is 4.94. The van der Waals surface area contributed by atoms with E-state index in [2.05, 4.69) is 22.5 Å². The van der Waals surface area contributed by atoms with Gasteiger partial charge in [0.2, 0.25) is 5.91 Å². The molecule has 1 fully saturated rings. The molecule has 1 aromatic carbocycles. The lowest BCUT2D eigenvalue weighted by molar-refractivity contribution is -0.114. The molecule has 7 heteroatoms. The van der Waals surface area contributed by atoms with Crippen LogP contribution in [0.1, 0.15) is 47.5 Å². The Bertz CT molecular complexity index is 879. The lowest BCUT2D eigenvalue weighted by Crippen LogP contribution is -2.39. The van der Waals surface area contributed by atoms with E-state index in [1.54, 1.807) is 30.3 Å². The SMILES string of the molecule is CC(=O)Nc1ccc(NC(=O)c2cc(C(=O)N3CCCC(C)C3)ccn2)cc1. The van der Waals surface area contributed by atoms with Crippen LogP contribution in [-0.4, -0.2) is 40.7 Å². The zero-order valence-electron chi connectivity index (χ0n) is 16.1. The highest BCUT2D eigenvalue weighted by Gasteiger charge is 2.23. The molecule has 2 aromatic rings. The Morgan fingerprint density at radius 1 is 1.07 bits per heavy atom. The van der Waals surface area contributed by atoms with E-state index in [4.69, 9.17) is 0 Å². The number of anilines is 2. The number of carbonyl (C=O) groups is 3. The first-order valence-electron chi connectivity index (χ1n) is 9.36. The monoisotopic (exact) mass is 380 g/mol. The number of amides is 3. The molecule has 28 heavy (non-hydrogen) atoms. The van der Waals surface area contributed by atoms with Crippen LogP contribution in [0.15, 0.2) is 42.6 Å². The predicted octanol–water partition coefficient (Wildman–Crippen LogP) is 3.16. The summed E-state index contributed by atoms with van der Waals surface area (Å²) in [6, 6.07) is 9.94. The van der Waals surface area contributed by atoms with E-state index in [0.29, 0.717) is 22.9 Å². The second kappa shape index (κ2) is 8.65. The van der Waals surface area contributed by atoms with Gasteiger partial charge in [-0.05, 0) is 55.2 Å². The van der Waals surface area contributed by atoms with Gasteiger partial charge in [-0.1, -0.05) is 6.92 Å². The number of benzene rings is 1. The molecule has 1 atom stereocenters. The number of nitrogens with one attached hydrogen (secondary N) is 2. The molecule has 1 saturated heterocycles. The van der Waals surface area contributed by atoms with Crippen LogP contribution in [0.4, 0.5) is 11.4 Å². The molecule has 3 rings (SSSR count). The largest absolute Gasteiger partial charge is 0.338 e. The molecule has 0 spiro atoms. The standard InChI is InChI=1S/C21H24N4O3/c1-14-4-3-11-25(13-14)21(28)16-9-10-22-19(12-16)20(27)24-18-7-5-17(6-8-18)23-15(2)26/h5-10,12,14H,3-4,11,13H2,1-2H3,(H,23,26)(H,24,27). The Morgan fingerprint density at radius 3 is 2.39 bits per heavy atom. The van der Waals surface area contributed by atoms with Gasteiger partial charge >= 0.3 is 0 Å². The third-order valence-corrected chi connectivity index (χ3v) is 4.65. The van der Waals surface area contributed by atoms with E-state index in [0.717, 1.165) is 25.9 Å². The van der Waals surface area contributed by atoms with Crippen molar-refractivity contribution in [3.63, 3.8) is 0 Å². The molecule has 1 aliphatic heterocycles. The summed E-state index contributed by atoms with van der Waals surface area (Å²) in [5.74, 6) is -0.134. The van der Waals surface area contributed by atoms with Crippen molar-refractivity contribution in [3.05, 3.63) is 53.9 Å². The van der Waals surface area contributed by atoms with Crippen LogP contribution in [0.2, 0.25) is 0 Å². The van der Waals surface area contributed by atoms with Crippen molar-refractivity contribution in [2.24, 2.45) is 5.92 Å². The summed E-state index contributed by atoms with van der Waals surface area (Å²) >= 11 is 0. The lowest BCUT2D eigenvalue weighted by Gasteiger charge is -2.31. The van der Waals surface area contributed by atoms with Crippen LogP contribution in [0.25, 0.3) is 0 Å². The Labute approximate surface area is 164 Å². The van der Waals surface area contributed by atoms with Gasteiger partial charge in [-0.2, -0.15) is 0 Å². The predicted molar refractivity (Wildman–Crippen MR) is 107 cm³/mol. The minimum absolute atomic E-state index is 0.0670. The average molecular weight is 380 g/mol. The number of hydrogen-bond donors (Lipinski definition) is 2. The van der Waals surface area contributed by atoms with Crippen molar-refractivity contribution in [1.82, 2.24) is 9.88 Å². The third-order valence-electron chi connectivity index (χ3n) is 4.65. The van der Waals surface area contributed by atoms with Gasteiger partial charge in [-0.3, -0.25) is 19.4 Å². The summed E-state index contributed by atoms with van der Waals surface area (Å²) in [5.41, 5.74) is 1.87. The first kappa shape index (κ1) is 19.5. The molecule has 2 N–H and O–H groups in total. The van der Waals surface area contributed by atoms with Crippen molar-refractivity contribution in [2.45, 2.75) is 26.7 Å². The molecule has 0 bridgehead atoms. The van der Waals surface area contributed by atoms with Crippen LogP contribution < -0.4 is 10.6 Å². The molecule has 0 saturated carbocycles. The van der Waals surface area contributed by atoms with Crippen LogP contribution >= 0.6 is 0 Å². The fraction of sp³-hybridized carbons (Fsp3) is 0.333. The number of piperidine rings is 1. The maximum Gasteiger partial charge on any atom is 0.274 e. The smallest absolute Gasteiger partial charge is 0.274 e. The van der Waals surface area contributed by atoms with Crippen LogP contribution in [0.3, 0.4) is 0 Å². The summed E-state index contributed by atoms with van der Waals surface area (Å²) < 4.78 is 0. The molecule has 1 unspecified atom stereocenters. The van der Waals surface area contributed by atoms with Crippen LogP contribution in [0, 0.1) is 5.92 Å². The molecular formula is C21H24N4O3. The highest BCUT2D eigenvalue weighted by molar-refractivity contribution is 6.05. The van der Waals surface area contributed by atoms with E-state index in [9.17, 15) is 14.4 Å². The lowest BCUT2D eigenvalue weighted by atomic mass is 9.99. The minimum atomic E-state index is -0.395. The maximum atomic E-state index is 12.7. The second-order valence-electron chi connectivity index (χ2n) is 7.14. The van der Waals surface area contributed by atoms with Crippen molar-refractivity contribution in [1.29, 1.82) is 0 Å². The number of aromatic nitrogens is 1. The van der Waals surface area contributed by atoms with Gasteiger partial charge in [0, 0.05) is 43.1 Å². The molecule has 0 radical (unpaired) electrons. The summed E-state index contributed by atoms with van der Waals surface area (Å²) in [6.45, 7) is 5.05. The Balaban J connectivity index is 1.68. The van der Waals surface area contributed by atoms with Gasteiger partial charge in [0.05, 0.1) is 0 Å². The second-order valence-corrected chi connectivity index (χ2v) is 7.14. The number of pyridine rings is 1. The topological polar surface area (TPSA) is 91.4 Å². The maximum absolute atomic E-state index is 12.7. The Morgan fingerprint density at radius 2 is 1.75 bits per heavy atom. The molecule has 7 nitrogen and oxygen atoms in total. The summed E-state index contributed by atoms with van der Waals surface area (Å²) in [4.78, 5) is 42.2. The Kier molecular flexibility index (Phi) is 6.03. The fourth-order valence-corrected chi connectivity index (χ4v) is 3.28. The van der Waals surface area contributed by atoms with Crippen LogP contribution in [-0.2, 0) is 4.79 Å². The molecule has 146 valence electrons. The molecule has 2 heterocycles. The highest BCUT2D eigenvalue weighted by atomic mass is 16.2. The van der Waals surface area contributed by atoms with E-state index >= 15 is 0 Å². The molecule has 0 aliphatic carbocycles. The molecule has 3 amide bonds. The summed E-state index contributed by atoms with van der Waals surface area (Å²) in [5, 5.41) is 5.42. The van der Waals surface area contributed by atoms with Crippen molar-refractivity contribution in [2.75, 3.05) is 23.7 Å². The van der Waals surface area contributed by atoms with Gasteiger partial charge < -0.3 is 15.5 Å². The van der Waals surface area contributed by atoms with Gasteiger partial charge in [-0.15, -0.1) is 0 Å². The minimum Gasteiger partial charge on any atom is -0.338 e. The van der Waals surface area contributed by atoms with Gasteiger partial charge in [0.15, 0.2) is 0 Å². The van der Waals surface area contributed by atoms with Crippen molar-refractivity contribution < 1.29 is 14.4 Å². The normalized spacial score (nSPS) is 16.4. The van der Waals surface area contributed by atoms with Gasteiger partial charge in [-0.25, -0.2) is 0 Å². The highest BCUT2D eigenvalue weighted by Crippen LogP contribution is 2.19. The van der Waals surface area contributed by atoms with E-state index in [-0.39, 0.29) is 17.5 Å². The Hall–Kier alpha value is -3.22. The summed E-state index contributed by atoms with van der Waals surface area (Å²) in [6.07, 6.45) is 3.61. The van der Waals surface area contributed by atoms with Gasteiger partial charge in [0.25, 0.3) is 11.8 Å². The first-order valence-corrected chi connectivity index (χ1v) is 9.36. The molecule has 1 aromatic heterocycles. The van der Waals surface area contributed by atoms with E-state index in [1.807, 2.05) is 4.90 Å².